The molecule has 124 valence electrons. The molecule has 1 heterocycles. The van der Waals surface area contributed by atoms with E-state index in [-0.39, 0.29) is 11.9 Å². The molecule has 1 fully saturated rings. The molecule has 0 spiro atoms. The lowest BCUT2D eigenvalue weighted by atomic mass is 9.96. The van der Waals surface area contributed by atoms with Crippen LogP contribution in [0.25, 0.3) is 0 Å². The highest BCUT2D eigenvalue weighted by molar-refractivity contribution is 6.32. The Bertz CT molecular complexity index is 790. The molecular formula is C18H16Cl2N2O2. The van der Waals surface area contributed by atoms with Crippen molar-refractivity contribution in [2.45, 2.75) is 25.8 Å². The minimum absolute atomic E-state index is 0.257. The van der Waals surface area contributed by atoms with Crippen LogP contribution < -0.4 is 9.80 Å². The van der Waals surface area contributed by atoms with Crippen LogP contribution in [0.15, 0.2) is 48.5 Å². The predicted molar refractivity (Wildman–Crippen MR) is 97.0 cm³/mol. The third kappa shape index (κ3) is 2.56. The van der Waals surface area contributed by atoms with Gasteiger partial charge in [0.25, 0.3) is 5.91 Å². The van der Waals surface area contributed by atoms with Gasteiger partial charge < -0.3 is 0 Å². The fourth-order valence-electron chi connectivity index (χ4n) is 2.85. The Morgan fingerprint density at radius 3 is 1.79 bits per heavy atom. The molecule has 6 heteroatoms. The van der Waals surface area contributed by atoms with Crippen molar-refractivity contribution in [3.05, 3.63) is 58.6 Å². The Balaban J connectivity index is 2.09. The van der Waals surface area contributed by atoms with Gasteiger partial charge in [0.1, 0.15) is 5.54 Å². The molecule has 1 saturated heterocycles. The van der Waals surface area contributed by atoms with E-state index < -0.39 is 5.54 Å². The zero-order valence-corrected chi connectivity index (χ0v) is 14.8. The topological polar surface area (TPSA) is 40.6 Å². The maximum absolute atomic E-state index is 13.0. The van der Waals surface area contributed by atoms with Crippen LogP contribution >= 0.6 is 23.2 Å². The molecule has 2 aromatic rings. The van der Waals surface area contributed by atoms with Crippen molar-refractivity contribution in [2.75, 3.05) is 9.80 Å². The van der Waals surface area contributed by atoms with Crippen molar-refractivity contribution in [1.29, 1.82) is 0 Å². The molecule has 0 bridgehead atoms. The van der Waals surface area contributed by atoms with E-state index in [1.165, 1.54) is 9.80 Å². The molecule has 0 N–H and O–H groups in total. The number of imide groups is 1. The van der Waals surface area contributed by atoms with Gasteiger partial charge in [0.15, 0.2) is 0 Å². The fraction of sp³-hybridized carbons (Fsp3) is 0.222. The lowest BCUT2D eigenvalue weighted by Crippen LogP contribution is -2.46. The summed E-state index contributed by atoms with van der Waals surface area (Å²) in [5, 5.41) is 1.12. The maximum atomic E-state index is 13.0. The standard InChI is InChI=1S/C18H16Cl2N2O2/c1-3-18(2)16(23)21(14-8-4-12(19)5-9-14)17(24)22(18)15-10-6-13(20)7-11-15/h4-11H,3H2,1-2H3. The van der Waals surface area contributed by atoms with Crippen molar-refractivity contribution in [1.82, 2.24) is 0 Å². The zero-order valence-electron chi connectivity index (χ0n) is 13.3. The van der Waals surface area contributed by atoms with Gasteiger partial charge in [-0.15, -0.1) is 0 Å². The number of halogens is 2. The van der Waals surface area contributed by atoms with Crippen LogP contribution in [0.2, 0.25) is 10.0 Å². The third-order valence-corrected chi connectivity index (χ3v) is 4.90. The van der Waals surface area contributed by atoms with E-state index in [1.807, 2.05) is 6.92 Å². The van der Waals surface area contributed by atoms with E-state index in [4.69, 9.17) is 23.2 Å². The summed E-state index contributed by atoms with van der Waals surface area (Å²) in [5.41, 5.74) is 0.189. The van der Waals surface area contributed by atoms with Crippen LogP contribution in [0.3, 0.4) is 0 Å². The van der Waals surface area contributed by atoms with Gasteiger partial charge in [-0.2, -0.15) is 0 Å². The predicted octanol–water partition coefficient (Wildman–Crippen LogP) is 5.14. The van der Waals surface area contributed by atoms with Crippen LogP contribution in [0.5, 0.6) is 0 Å². The summed E-state index contributed by atoms with van der Waals surface area (Å²) < 4.78 is 0. The van der Waals surface area contributed by atoms with Crippen LogP contribution in [-0.2, 0) is 4.79 Å². The second kappa shape index (κ2) is 6.11. The molecule has 2 aromatic carbocycles. The van der Waals surface area contributed by atoms with Gasteiger partial charge >= 0.3 is 6.03 Å². The molecule has 1 atom stereocenters. The molecule has 0 saturated carbocycles. The largest absolute Gasteiger partial charge is 0.336 e. The van der Waals surface area contributed by atoms with Gasteiger partial charge in [0.2, 0.25) is 0 Å². The minimum Gasteiger partial charge on any atom is -0.279 e. The van der Waals surface area contributed by atoms with Crippen molar-refractivity contribution in [2.24, 2.45) is 0 Å². The summed E-state index contributed by atoms with van der Waals surface area (Å²) in [6.07, 6.45) is 0.490. The van der Waals surface area contributed by atoms with Gasteiger partial charge in [-0.05, 0) is 61.9 Å². The smallest absolute Gasteiger partial charge is 0.279 e. The molecule has 3 amide bonds. The first-order chi connectivity index (χ1) is 11.4. The monoisotopic (exact) mass is 362 g/mol. The Hall–Kier alpha value is -2.04. The van der Waals surface area contributed by atoms with Crippen LogP contribution in [0, 0.1) is 0 Å². The quantitative estimate of drug-likeness (QED) is 0.709. The number of anilines is 2. The van der Waals surface area contributed by atoms with Gasteiger partial charge in [0.05, 0.1) is 5.69 Å². The molecule has 4 nitrogen and oxygen atoms in total. The van der Waals surface area contributed by atoms with E-state index in [1.54, 1.807) is 55.5 Å². The summed E-state index contributed by atoms with van der Waals surface area (Å²) in [6, 6.07) is 13.2. The molecule has 1 aliphatic heterocycles. The third-order valence-electron chi connectivity index (χ3n) is 4.40. The van der Waals surface area contributed by atoms with E-state index in [0.29, 0.717) is 27.8 Å². The van der Waals surface area contributed by atoms with Crippen molar-refractivity contribution in [3.8, 4) is 0 Å². The van der Waals surface area contributed by atoms with Gasteiger partial charge in [-0.3, -0.25) is 9.69 Å². The fourth-order valence-corrected chi connectivity index (χ4v) is 3.10. The van der Waals surface area contributed by atoms with Crippen LogP contribution in [0.4, 0.5) is 16.2 Å². The minimum atomic E-state index is -0.954. The number of nitrogens with zero attached hydrogens (tertiary/aromatic N) is 2. The number of carbonyl (C=O) groups is 2. The highest BCUT2D eigenvalue weighted by Crippen LogP contribution is 2.38. The first kappa shape index (κ1) is 16.8. The lowest BCUT2D eigenvalue weighted by Gasteiger charge is -2.30. The average Bonchev–Trinajstić information content (AvgIpc) is 2.77. The van der Waals surface area contributed by atoms with E-state index in [9.17, 15) is 9.59 Å². The van der Waals surface area contributed by atoms with Gasteiger partial charge in [-0.1, -0.05) is 30.1 Å². The molecule has 0 radical (unpaired) electrons. The number of carbonyl (C=O) groups excluding carboxylic acids is 2. The SMILES string of the molecule is CCC1(C)C(=O)N(c2ccc(Cl)cc2)C(=O)N1c1ccc(Cl)cc1. The second-order valence-electron chi connectivity index (χ2n) is 5.84. The highest BCUT2D eigenvalue weighted by atomic mass is 35.5. The van der Waals surface area contributed by atoms with E-state index >= 15 is 0 Å². The number of hydrogen-bond donors (Lipinski definition) is 0. The number of urea groups is 1. The molecule has 1 aliphatic rings. The first-order valence-electron chi connectivity index (χ1n) is 7.58. The molecule has 1 unspecified atom stereocenters. The summed E-state index contributed by atoms with van der Waals surface area (Å²) in [6.45, 7) is 3.66. The number of rotatable bonds is 3. The first-order valence-corrected chi connectivity index (χ1v) is 8.34. The Morgan fingerprint density at radius 1 is 0.875 bits per heavy atom. The van der Waals surface area contributed by atoms with Gasteiger partial charge in [0, 0.05) is 15.7 Å². The number of hydrogen-bond acceptors (Lipinski definition) is 2. The number of amides is 3. The molecule has 0 aromatic heterocycles. The molecular weight excluding hydrogens is 347 g/mol. The van der Waals surface area contributed by atoms with Crippen LogP contribution in [-0.4, -0.2) is 17.5 Å². The maximum Gasteiger partial charge on any atom is 0.336 e. The van der Waals surface area contributed by atoms with Crippen molar-refractivity contribution < 1.29 is 9.59 Å². The molecule has 0 aliphatic carbocycles. The summed E-state index contributed by atoms with van der Waals surface area (Å²) in [4.78, 5) is 28.8. The summed E-state index contributed by atoms with van der Waals surface area (Å²) >= 11 is 11.8. The molecule has 24 heavy (non-hydrogen) atoms. The zero-order chi connectivity index (χ0) is 17.5. The highest BCUT2D eigenvalue weighted by Gasteiger charge is 2.54. The Morgan fingerprint density at radius 2 is 1.33 bits per heavy atom. The van der Waals surface area contributed by atoms with Crippen LogP contribution in [0.1, 0.15) is 20.3 Å². The normalized spacial score (nSPS) is 20.8. The molecule has 3 rings (SSSR count). The average molecular weight is 363 g/mol. The Labute approximate surface area is 150 Å². The number of benzene rings is 2. The Kier molecular flexibility index (Phi) is 4.28. The van der Waals surface area contributed by atoms with E-state index in [0.717, 1.165) is 0 Å². The summed E-state index contributed by atoms with van der Waals surface area (Å²) in [5.74, 6) is -0.257. The van der Waals surface area contributed by atoms with Gasteiger partial charge in [-0.25, -0.2) is 9.69 Å². The van der Waals surface area contributed by atoms with Crippen molar-refractivity contribution in [3.63, 3.8) is 0 Å². The summed E-state index contributed by atoms with van der Waals surface area (Å²) in [7, 11) is 0. The van der Waals surface area contributed by atoms with Crippen molar-refractivity contribution >= 4 is 46.5 Å². The van der Waals surface area contributed by atoms with E-state index in [2.05, 4.69) is 0 Å². The lowest BCUT2D eigenvalue weighted by molar-refractivity contribution is -0.121. The second-order valence-corrected chi connectivity index (χ2v) is 6.71.